The number of aryl methyl sites for hydroxylation is 3. The molecule has 2 aromatic carbocycles. The molecule has 0 unspecified atom stereocenters. The Balaban J connectivity index is 1.96. The summed E-state index contributed by atoms with van der Waals surface area (Å²) in [5.74, 6) is 0.580. The van der Waals surface area contributed by atoms with E-state index in [4.69, 9.17) is 4.74 Å². The first-order valence-corrected chi connectivity index (χ1v) is 9.43. The second kappa shape index (κ2) is 6.28. The number of rotatable bonds is 3. The van der Waals surface area contributed by atoms with Gasteiger partial charge in [0.1, 0.15) is 11.4 Å². The predicted molar refractivity (Wildman–Crippen MR) is 116 cm³/mol. The number of imidazole rings is 1. The highest BCUT2D eigenvalue weighted by Crippen LogP contribution is 2.40. The van der Waals surface area contributed by atoms with Crippen molar-refractivity contribution in [2.75, 3.05) is 7.11 Å². The zero-order valence-corrected chi connectivity index (χ0v) is 17.0. The van der Waals surface area contributed by atoms with Crippen LogP contribution in [0.2, 0.25) is 0 Å². The third-order valence-electron chi connectivity index (χ3n) is 5.80. The van der Waals surface area contributed by atoms with Gasteiger partial charge in [0, 0.05) is 42.0 Å². The van der Waals surface area contributed by atoms with Crippen LogP contribution in [0.25, 0.3) is 44.0 Å². The van der Waals surface area contributed by atoms with Gasteiger partial charge < -0.3 is 24.0 Å². The summed E-state index contributed by atoms with van der Waals surface area (Å²) in [6.45, 7) is 2.07. The summed E-state index contributed by atoms with van der Waals surface area (Å²) in [4.78, 5) is 19.6. The lowest BCUT2D eigenvalue weighted by molar-refractivity contribution is -0.388. The Kier molecular flexibility index (Phi) is 3.79. The number of benzene rings is 2. The summed E-state index contributed by atoms with van der Waals surface area (Å²) in [5, 5.41) is 15.5. The molecule has 0 amide bonds. The molecule has 30 heavy (non-hydrogen) atoms. The second-order valence-corrected chi connectivity index (χ2v) is 7.38. The fourth-order valence-corrected chi connectivity index (χ4v) is 4.41. The van der Waals surface area contributed by atoms with Crippen LogP contribution in [-0.4, -0.2) is 31.1 Å². The molecular formula is C22H19N5O3. The van der Waals surface area contributed by atoms with Crippen molar-refractivity contribution < 1.29 is 9.66 Å². The van der Waals surface area contributed by atoms with Crippen LogP contribution in [0, 0.1) is 17.0 Å². The molecule has 0 saturated heterocycles. The van der Waals surface area contributed by atoms with Gasteiger partial charge in [-0.2, -0.15) is 0 Å². The minimum Gasteiger partial charge on any atom is -0.497 e. The second-order valence-electron chi connectivity index (χ2n) is 7.38. The van der Waals surface area contributed by atoms with E-state index in [0.717, 1.165) is 43.9 Å². The summed E-state index contributed by atoms with van der Waals surface area (Å²) in [6, 6.07) is 10.0. The summed E-state index contributed by atoms with van der Waals surface area (Å²) in [5.41, 5.74) is 4.23. The zero-order chi connectivity index (χ0) is 21.2. The van der Waals surface area contributed by atoms with Gasteiger partial charge in [-0.1, -0.05) is 0 Å². The molecule has 150 valence electrons. The van der Waals surface area contributed by atoms with Crippen LogP contribution in [0.15, 0.2) is 42.9 Å². The Morgan fingerprint density at radius 2 is 1.83 bits per heavy atom. The minimum atomic E-state index is -0.468. The number of hydrogen-bond donors (Lipinski definition) is 0. The topological polar surface area (TPSA) is 88.0 Å². The molecule has 5 aromatic rings. The van der Waals surface area contributed by atoms with Crippen molar-refractivity contribution in [3.63, 3.8) is 0 Å². The first kappa shape index (κ1) is 18.1. The van der Waals surface area contributed by atoms with Crippen molar-refractivity contribution in [3.05, 3.63) is 58.5 Å². The van der Waals surface area contributed by atoms with Crippen LogP contribution >= 0.6 is 0 Å². The predicted octanol–water partition coefficient (Wildman–Crippen LogP) is 4.51. The van der Waals surface area contributed by atoms with E-state index in [0.29, 0.717) is 11.4 Å². The number of fused-ring (bicyclic) bond motifs is 4. The molecule has 0 aliphatic rings. The number of nitrogens with zero attached hydrogens (tertiary/aromatic N) is 5. The van der Waals surface area contributed by atoms with Crippen LogP contribution in [0.4, 0.5) is 5.82 Å². The van der Waals surface area contributed by atoms with Crippen LogP contribution < -0.4 is 4.74 Å². The Morgan fingerprint density at radius 3 is 2.57 bits per heavy atom. The lowest BCUT2D eigenvalue weighted by atomic mass is 9.99. The fraction of sp³-hybridized carbons (Fsp3) is 0.182. The quantitative estimate of drug-likeness (QED) is 0.328. The molecule has 3 aromatic heterocycles. The Hall–Kier alpha value is -3.94. The monoisotopic (exact) mass is 401 g/mol. The minimum absolute atomic E-state index is 0.199. The van der Waals surface area contributed by atoms with E-state index in [9.17, 15) is 10.1 Å². The van der Waals surface area contributed by atoms with Crippen LogP contribution in [0.1, 0.15) is 5.56 Å². The maximum atomic E-state index is 11.6. The summed E-state index contributed by atoms with van der Waals surface area (Å²) in [6.07, 6.45) is 3.14. The number of hydrogen-bond acceptors (Lipinski definition) is 5. The summed E-state index contributed by atoms with van der Waals surface area (Å²) < 4.78 is 9.25. The van der Waals surface area contributed by atoms with E-state index in [1.54, 1.807) is 24.9 Å². The highest BCUT2D eigenvalue weighted by atomic mass is 16.6. The lowest BCUT2D eigenvalue weighted by Crippen LogP contribution is -1.99. The first-order chi connectivity index (χ1) is 14.4. The molecular weight excluding hydrogens is 382 g/mol. The van der Waals surface area contributed by atoms with Crippen molar-refractivity contribution in [1.29, 1.82) is 0 Å². The van der Waals surface area contributed by atoms with E-state index >= 15 is 0 Å². The summed E-state index contributed by atoms with van der Waals surface area (Å²) in [7, 11) is 5.44. The molecule has 0 spiro atoms. The van der Waals surface area contributed by atoms with Gasteiger partial charge in [-0.25, -0.2) is 0 Å². The standard InChI is InChI=1S/C22H19N5O3/c1-12-14-7-8-23-19(21-22(27(28)29)24-11-25(21)2)16(14)10-17-15-9-13(30-4)5-6-18(15)26(3)20(12)17/h5-11H,1-4H3. The van der Waals surface area contributed by atoms with E-state index in [1.807, 2.05) is 31.3 Å². The number of pyridine rings is 1. The maximum absolute atomic E-state index is 11.6. The fourth-order valence-electron chi connectivity index (χ4n) is 4.41. The normalized spacial score (nSPS) is 11.6. The molecule has 0 aliphatic carbocycles. The third-order valence-corrected chi connectivity index (χ3v) is 5.80. The van der Waals surface area contributed by atoms with E-state index in [2.05, 4.69) is 27.5 Å². The van der Waals surface area contributed by atoms with Gasteiger partial charge in [-0.3, -0.25) is 4.98 Å². The van der Waals surface area contributed by atoms with Gasteiger partial charge in [0.05, 0.1) is 12.6 Å². The lowest BCUT2D eigenvalue weighted by Gasteiger charge is -2.10. The van der Waals surface area contributed by atoms with E-state index in [-0.39, 0.29) is 5.82 Å². The molecule has 0 N–H and O–H groups in total. The molecule has 0 bridgehead atoms. The molecule has 0 radical (unpaired) electrons. The smallest absolute Gasteiger partial charge is 0.391 e. The molecule has 0 atom stereocenters. The van der Waals surface area contributed by atoms with E-state index in [1.165, 1.54) is 6.33 Å². The molecule has 0 aliphatic heterocycles. The molecule has 5 rings (SSSR count). The van der Waals surface area contributed by atoms with Gasteiger partial charge in [-0.05, 0) is 58.1 Å². The largest absolute Gasteiger partial charge is 0.497 e. The van der Waals surface area contributed by atoms with Gasteiger partial charge in [0.15, 0.2) is 5.69 Å². The molecule has 0 fully saturated rings. The number of methoxy groups -OCH3 is 1. The highest BCUT2D eigenvalue weighted by molar-refractivity contribution is 6.16. The van der Waals surface area contributed by atoms with Gasteiger partial charge >= 0.3 is 5.82 Å². The zero-order valence-electron chi connectivity index (χ0n) is 17.0. The summed E-state index contributed by atoms with van der Waals surface area (Å²) >= 11 is 0. The Labute approximate surface area is 171 Å². The van der Waals surface area contributed by atoms with Gasteiger partial charge in [0.2, 0.25) is 6.33 Å². The van der Waals surface area contributed by atoms with Crippen LogP contribution in [0.5, 0.6) is 5.75 Å². The van der Waals surface area contributed by atoms with Crippen LogP contribution in [0.3, 0.4) is 0 Å². The van der Waals surface area contributed by atoms with Crippen LogP contribution in [-0.2, 0) is 14.1 Å². The average Bonchev–Trinajstić information content (AvgIpc) is 3.26. The number of aromatic nitrogens is 4. The number of ether oxygens (including phenoxy) is 1. The first-order valence-electron chi connectivity index (χ1n) is 9.43. The Morgan fingerprint density at radius 1 is 1.03 bits per heavy atom. The van der Waals surface area contributed by atoms with Crippen molar-refractivity contribution in [2.24, 2.45) is 14.1 Å². The highest BCUT2D eigenvalue weighted by Gasteiger charge is 2.25. The van der Waals surface area contributed by atoms with Crippen molar-refractivity contribution in [3.8, 4) is 17.1 Å². The third kappa shape index (κ3) is 2.33. The molecule has 3 heterocycles. The SMILES string of the molecule is COc1ccc2c(c1)c1cc3c(-c4c([N+](=O)[O-])ncn4C)nccc3c(C)c1n2C. The Bertz CT molecular complexity index is 1500. The van der Waals surface area contributed by atoms with Crippen molar-refractivity contribution in [2.45, 2.75) is 6.92 Å². The number of nitro groups is 1. The molecule has 0 saturated carbocycles. The van der Waals surface area contributed by atoms with Crippen molar-refractivity contribution in [1.82, 2.24) is 19.1 Å². The molecule has 8 nitrogen and oxygen atoms in total. The maximum Gasteiger partial charge on any atom is 0.391 e. The van der Waals surface area contributed by atoms with E-state index < -0.39 is 4.92 Å². The van der Waals surface area contributed by atoms with Crippen molar-refractivity contribution >= 4 is 38.4 Å². The van der Waals surface area contributed by atoms with Gasteiger partial charge in [0.25, 0.3) is 0 Å². The molecule has 8 heteroatoms. The van der Waals surface area contributed by atoms with Gasteiger partial charge in [-0.15, -0.1) is 0 Å². The average molecular weight is 401 g/mol.